The number of nitrogens with zero attached hydrogens (tertiary/aromatic N) is 2. The van der Waals surface area contributed by atoms with Crippen LogP contribution < -0.4 is 4.74 Å². The topological polar surface area (TPSA) is 41.9 Å². The van der Waals surface area contributed by atoms with Gasteiger partial charge in [-0.25, -0.2) is 5.01 Å². The van der Waals surface area contributed by atoms with Crippen molar-refractivity contribution in [3.63, 3.8) is 0 Å². The SMILES string of the molecule is COc1ccc(C2=NN(C)C(=O)C3(CCCCC3)C2)cc1. The van der Waals surface area contributed by atoms with Crippen LogP contribution in [0.15, 0.2) is 29.4 Å². The Hall–Kier alpha value is -1.84. The lowest BCUT2D eigenvalue weighted by molar-refractivity contribution is -0.143. The molecule has 1 aromatic rings. The zero-order valence-electron chi connectivity index (χ0n) is 12.8. The molecule has 0 atom stereocenters. The van der Waals surface area contributed by atoms with Gasteiger partial charge in [-0.1, -0.05) is 19.3 Å². The van der Waals surface area contributed by atoms with E-state index in [-0.39, 0.29) is 11.3 Å². The minimum absolute atomic E-state index is 0.194. The van der Waals surface area contributed by atoms with E-state index in [2.05, 4.69) is 5.10 Å². The molecule has 1 aliphatic heterocycles. The van der Waals surface area contributed by atoms with E-state index in [0.29, 0.717) is 0 Å². The molecule has 1 aromatic carbocycles. The van der Waals surface area contributed by atoms with Gasteiger partial charge in [0.2, 0.25) is 5.91 Å². The van der Waals surface area contributed by atoms with E-state index in [1.165, 1.54) is 6.42 Å². The van der Waals surface area contributed by atoms with Crippen LogP contribution in [0.2, 0.25) is 0 Å². The van der Waals surface area contributed by atoms with Crippen LogP contribution in [0.25, 0.3) is 0 Å². The van der Waals surface area contributed by atoms with Gasteiger partial charge < -0.3 is 4.74 Å². The number of hydrazone groups is 1. The van der Waals surface area contributed by atoms with Crippen molar-refractivity contribution >= 4 is 11.6 Å². The van der Waals surface area contributed by atoms with Crippen molar-refractivity contribution in [2.24, 2.45) is 10.5 Å². The van der Waals surface area contributed by atoms with Gasteiger partial charge in [-0.2, -0.15) is 5.10 Å². The molecular formula is C17H22N2O2. The summed E-state index contributed by atoms with van der Waals surface area (Å²) in [6.45, 7) is 0. The quantitative estimate of drug-likeness (QED) is 0.837. The fourth-order valence-corrected chi connectivity index (χ4v) is 3.56. The van der Waals surface area contributed by atoms with Crippen molar-refractivity contribution in [1.82, 2.24) is 5.01 Å². The highest BCUT2D eigenvalue weighted by atomic mass is 16.5. The summed E-state index contributed by atoms with van der Waals surface area (Å²) in [5, 5.41) is 6.05. The number of rotatable bonds is 2. The first-order chi connectivity index (χ1) is 10.1. The fourth-order valence-electron chi connectivity index (χ4n) is 3.56. The maximum Gasteiger partial charge on any atom is 0.249 e. The van der Waals surface area contributed by atoms with E-state index in [1.54, 1.807) is 19.2 Å². The van der Waals surface area contributed by atoms with Crippen LogP contribution in [-0.2, 0) is 4.79 Å². The Kier molecular flexibility index (Phi) is 3.70. The molecule has 112 valence electrons. The van der Waals surface area contributed by atoms with Gasteiger partial charge in [-0.3, -0.25) is 4.79 Å². The van der Waals surface area contributed by atoms with E-state index in [1.807, 2.05) is 24.3 Å². The van der Waals surface area contributed by atoms with Gasteiger partial charge in [0.25, 0.3) is 0 Å². The minimum atomic E-state index is -0.218. The Labute approximate surface area is 125 Å². The summed E-state index contributed by atoms with van der Waals surface area (Å²) in [4.78, 5) is 12.6. The van der Waals surface area contributed by atoms with Crippen molar-refractivity contribution in [2.75, 3.05) is 14.2 Å². The Balaban J connectivity index is 1.91. The van der Waals surface area contributed by atoms with E-state index in [9.17, 15) is 4.79 Å². The standard InChI is InChI=1S/C17H22N2O2/c1-19-16(20)17(10-4-3-5-11-17)12-15(18-19)13-6-8-14(21-2)9-7-13/h6-9H,3-5,10-12H2,1-2H3. The lowest BCUT2D eigenvalue weighted by Crippen LogP contribution is -2.46. The molecule has 1 fully saturated rings. The number of ether oxygens (including phenoxy) is 1. The summed E-state index contributed by atoms with van der Waals surface area (Å²) < 4.78 is 5.20. The third-order valence-electron chi connectivity index (χ3n) is 4.76. The molecule has 3 rings (SSSR count). The molecular weight excluding hydrogens is 264 g/mol. The second-order valence-electron chi connectivity index (χ2n) is 6.12. The molecule has 0 radical (unpaired) electrons. The first-order valence-corrected chi connectivity index (χ1v) is 7.65. The highest BCUT2D eigenvalue weighted by Crippen LogP contribution is 2.43. The number of amides is 1. The van der Waals surface area contributed by atoms with Gasteiger partial charge in [-0.15, -0.1) is 0 Å². The van der Waals surface area contributed by atoms with Gasteiger partial charge in [0, 0.05) is 13.5 Å². The van der Waals surface area contributed by atoms with Gasteiger partial charge >= 0.3 is 0 Å². The predicted octanol–water partition coefficient (Wildman–Crippen LogP) is 3.21. The summed E-state index contributed by atoms with van der Waals surface area (Å²) in [6, 6.07) is 7.94. The van der Waals surface area contributed by atoms with Crippen LogP contribution in [0.5, 0.6) is 5.75 Å². The van der Waals surface area contributed by atoms with Crippen molar-refractivity contribution < 1.29 is 9.53 Å². The second kappa shape index (κ2) is 5.51. The van der Waals surface area contributed by atoms with E-state index < -0.39 is 0 Å². The maximum atomic E-state index is 12.6. The van der Waals surface area contributed by atoms with Crippen LogP contribution in [0.1, 0.15) is 44.1 Å². The Bertz CT molecular complexity index is 557. The van der Waals surface area contributed by atoms with E-state index in [4.69, 9.17) is 4.74 Å². The van der Waals surface area contributed by atoms with Gasteiger partial charge in [0.05, 0.1) is 18.2 Å². The summed E-state index contributed by atoms with van der Waals surface area (Å²) >= 11 is 0. The van der Waals surface area contributed by atoms with Crippen LogP contribution in [-0.4, -0.2) is 30.8 Å². The zero-order chi connectivity index (χ0) is 14.9. The second-order valence-corrected chi connectivity index (χ2v) is 6.12. The van der Waals surface area contributed by atoms with Gasteiger partial charge in [0.15, 0.2) is 0 Å². The molecule has 0 aromatic heterocycles. The van der Waals surface area contributed by atoms with Gasteiger partial charge in [-0.05, 0) is 42.7 Å². The molecule has 0 bridgehead atoms. The lowest BCUT2D eigenvalue weighted by atomic mass is 9.69. The first-order valence-electron chi connectivity index (χ1n) is 7.65. The molecule has 0 saturated heterocycles. The van der Waals surface area contributed by atoms with E-state index in [0.717, 1.165) is 49.1 Å². The first kappa shape index (κ1) is 14.1. The summed E-state index contributed by atoms with van der Waals surface area (Å²) in [5.41, 5.74) is 1.88. The molecule has 4 nitrogen and oxygen atoms in total. The van der Waals surface area contributed by atoms with Crippen LogP contribution in [0, 0.1) is 5.41 Å². The number of hydrogen-bond acceptors (Lipinski definition) is 3. The normalized spacial score (nSPS) is 21.3. The molecule has 1 spiro atoms. The predicted molar refractivity (Wildman–Crippen MR) is 82.4 cm³/mol. The number of methoxy groups -OCH3 is 1. The van der Waals surface area contributed by atoms with Crippen molar-refractivity contribution in [2.45, 2.75) is 38.5 Å². The Morgan fingerprint density at radius 2 is 1.81 bits per heavy atom. The number of hydrogen-bond donors (Lipinski definition) is 0. The smallest absolute Gasteiger partial charge is 0.249 e. The maximum absolute atomic E-state index is 12.6. The summed E-state index contributed by atoms with van der Waals surface area (Å²) in [6.07, 6.45) is 6.29. The molecule has 0 N–H and O–H groups in total. The van der Waals surface area contributed by atoms with Crippen LogP contribution >= 0.6 is 0 Å². The molecule has 1 heterocycles. The number of carbonyl (C=O) groups is 1. The number of carbonyl (C=O) groups excluding carboxylic acids is 1. The molecule has 21 heavy (non-hydrogen) atoms. The molecule has 2 aliphatic rings. The Morgan fingerprint density at radius 1 is 1.14 bits per heavy atom. The highest BCUT2D eigenvalue weighted by Gasteiger charge is 2.45. The molecule has 1 saturated carbocycles. The lowest BCUT2D eigenvalue weighted by Gasteiger charge is -2.41. The highest BCUT2D eigenvalue weighted by molar-refractivity contribution is 6.06. The third-order valence-corrected chi connectivity index (χ3v) is 4.76. The zero-order valence-corrected chi connectivity index (χ0v) is 12.8. The molecule has 4 heteroatoms. The Morgan fingerprint density at radius 3 is 2.43 bits per heavy atom. The van der Waals surface area contributed by atoms with Crippen molar-refractivity contribution in [3.8, 4) is 5.75 Å². The fraction of sp³-hybridized carbons (Fsp3) is 0.529. The summed E-state index contributed by atoms with van der Waals surface area (Å²) in [5.74, 6) is 1.03. The average molecular weight is 286 g/mol. The van der Waals surface area contributed by atoms with Gasteiger partial charge in [0.1, 0.15) is 5.75 Å². The largest absolute Gasteiger partial charge is 0.497 e. The van der Waals surface area contributed by atoms with Crippen molar-refractivity contribution in [3.05, 3.63) is 29.8 Å². The third kappa shape index (κ3) is 2.55. The van der Waals surface area contributed by atoms with Crippen molar-refractivity contribution in [1.29, 1.82) is 0 Å². The number of benzene rings is 1. The minimum Gasteiger partial charge on any atom is -0.497 e. The van der Waals surface area contributed by atoms with Crippen LogP contribution in [0.4, 0.5) is 0 Å². The monoisotopic (exact) mass is 286 g/mol. The van der Waals surface area contributed by atoms with E-state index >= 15 is 0 Å². The summed E-state index contributed by atoms with van der Waals surface area (Å²) in [7, 11) is 3.44. The average Bonchev–Trinajstić information content (AvgIpc) is 2.53. The molecule has 1 amide bonds. The van der Waals surface area contributed by atoms with Crippen LogP contribution in [0.3, 0.4) is 0 Å². The molecule has 0 unspecified atom stereocenters. The molecule has 1 aliphatic carbocycles.